The minimum absolute atomic E-state index is 0.154. The summed E-state index contributed by atoms with van der Waals surface area (Å²) in [6.07, 6.45) is 0. The second-order valence-electron chi connectivity index (χ2n) is 3.82. The fourth-order valence-electron chi connectivity index (χ4n) is 1.63. The Balaban J connectivity index is 2.30. The fraction of sp³-hybridized carbons (Fsp3) is 0.143. The van der Waals surface area contributed by atoms with Crippen LogP contribution in [0.4, 0.5) is 4.39 Å². The summed E-state index contributed by atoms with van der Waals surface area (Å²) in [6, 6.07) is 11.0. The molecular weight excluding hydrogens is 235 g/mol. The van der Waals surface area contributed by atoms with Crippen LogP contribution >= 0.6 is 0 Å². The summed E-state index contributed by atoms with van der Waals surface area (Å²) in [6.45, 7) is -0.409. The maximum atomic E-state index is 13.3. The molecule has 0 atom stereocenters. The lowest BCUT2D eigenvalue weighted by Gasteiger charge is -2.10. The van der Waals surface area contributed by atoms with E-state index in [1.165, 1.54) is 12.1 Å². The van der Waals surface area contributed by atoms with Crippen LogP contribution in [0.1, 0.15) is 11.1 Å². The zero-order chi connectivity index (χ0) is 13.0. The van der Waals surface area contributed by atoms with Gasteiger partial charge >= 0.3 is 0 Å². The van der Waals surface area contributed by atoms with Gasteiger partial charge in [0.25, 0.3) is 0 Å². The molecule has 0 radical (unpaired) electrons. The highest BCUT2D eigenvalue weighted by Gasteiger charge is 2.06. The van der Waals surface area contributed by atoms with E-state index in [0.29, 0.717) is 22.6 Å². The molecule has 0 saturated heterocycles. The number of benzene rings is 2. The lowest BCUT2D eigenvalue weighted by Crippen LogP contribution is -1.93. The van der Waals surface area contributed by atoms with Gasteiger partial charge in [-0.25, -0.2) is 4.39 Å². The first kappa shape index (κ1) is 12.5. The van der Waals surface area contributed by atoms with E-state index >= 15 is 0 Å². The van der Waals surface area contributed by atoms with Crippen molar-refractivity contribution >= 4 is 0 Å². The Kier molecular flexibility index (Phi) is 3.92. The number of hydrogen-bond donors (Lipinski definition) is 2. The Bertz CT molecular complexity index is 540. The van der Waals surface area contributed by atoms with E-state index in [0.717, 1.165) is 0 Å². The van der Waals surface area contributed by atoms with Crippen LogP contribution in [-0.4, -0.2) is 10.2 Å². The van der Waals surface area contributed by atoms with Crippen molar-refractivity contribution in [3.8, 4) is 11.5 Å². The van der Waals surface area contributed by atoms with Crippen LogP contribution in [0, 0.1) is 5.82 Å². The Morgan fingerprint density at radius 3 is 2.50 bits per heavy atom. The molecule has 2 rings (SSSR count). The van der Waals surface area contributed by atoms with Gasteiger partial charge in [0.15, 0.2) is 0 Å². The molecule has 18 heavy (non-hydrogen) atoms. The van der Waals surface area contributed by atoms with Crippen LogP contribution in [0.2, 0.25) is 0 Å². The normalized spacial score (nSPS) is 10.4. The number of ether oxygens (including phenoxy) is 1. The first-order valence-corrected chi connectivity index (χ1v) is 5.50. The van der Waals surface area contributed by atoms with E-state index < -0.39 is 5.82 Å². The molecule has 0 aliphatic heterocycles. The van der Waals surface area contributed by atoms with Crippen molar-refractivity contribution in [2.45, 2.75) is 13.2 Å². The SMILES string of the molecule is OCc1cc(F)cc(Oc2ccccc2CO)c1. The van der Waals surface area contributed by atoms with Crippen LogP contribution in [0.3, 0.4) is 0 Å². The molecule has 3 nitrogen and oxygen atoms in total. The van der Waals surface area contributed by atoms with Crippen LogP contribution in [0.15, 0.2) is 42.5 Å². The van der Waals surface area contributed by atoms with Crippen LogP contribution in [-0.2, 0) is 13.2 Å². The molecule has 0 fully saturated rings. The van der Waals surface area contributed by atoms with Crippen LogP contribution < -0.4 is 4.74 Å². The molecule has 0 aliphatic rings. The van der Waals surface area contributed by atoms with Crippen LogP contribution in [0.5, 0.6) is 11.5 Å². The van der Waals surface area contributed by atoms with Crippen molar-refractivity contribution in [1.29, 1.82) is 0 Å². The maximum Gasteiger partial charge on any atom is 0.132 e. The second kappa shape index (κ2) is 5.62. The van der Waals surface area contributed by atoms with E-state index in [4.69, 9.17) is 14.9 Å². The Morgan fingerprint density at radius 1 is 1.00 bits per heavy atom. The van der Waals surface area contributed by atoms with E-state index in [1.54, 1.807) is 30.3 Å². The highest BCUT2D eigenvalue weighted by atomic mass is 19.1. The van der Waals surface area contributed by atoms with Gasteiger partial charge in [-0.3, -0.25) is 0 Å². The van der Waals surface area contributed by atoms with E-state index in [2.05, 4.69) is 0 Å². The standard InChI is InChI=1S/C14H13FO3/c15-12-5-10(8-16)6-13(7-12)18-14-4-2-1-3-11(14)9-17/h1-7,16-17H,8-9H2. The number of para-hydroxylation sites is 1. The molecule has 2 N–H and O–H groups in total. The van der Waals surface area contributed by atoms with Gasteiger partial charge in [0.05, 0.1) is 13.2 Å². The molecule has 2 aromatic rings. The third-order valence-electron chi connectivity index (χ3n) is 2.48. The summed E-state index contributed by atoms with van der Waals surface area (Å²) >= 11 is 0. The van der Waals surface area contributed by atoms with Crippen molar-refractivity contribution in [1.82, 2.24) is 0 Å². The van der Waals surface area contributed by atoms with Crippen molar-refractivity contribution in [3.05, 3.63) is 59.4 Å². The summed E-state index contributed by atoms with van der Waals surface area (Å²) in [5, 5.41) is 18.1. The van der Waals surface area contributed by atoms with Gasteiger partial charge in [-0.05, 0) is 23.8 Å². The summed E-state index contributed by atoms with van der Waals surface area (Å²) in [5.41, 5.74) is 1.05. The van der Waals surface area contributed by atoms with Crippen molar-refractivity contribution < 1.29 is 19.3 Å². The summed E-state index contributed by atoms with van der Waals surface area (Å²) in [7, 11) is 0. The molecule has 94 valence electrons. The monoisotopic (exact) mass is 248 g/mol. The smallest absolute Gasteiger partial charge is 0.132 e. The predicted octanol–water partition coefficient (Wildman–Crippen LogP) is 2.60. The predicted molar refractivity (Wildman–Crippen MR) is 64.8 cm³/mol. The number of aliphatic hydroxyl groups is 2. The summed E-state index contributed by atoms with van der Waals surface area (Å²) in [5.74, 6) is 0.285. The largest absolute Gasteiger partial charge is 0.457 e. The number of rotatable bonds is 4. The molecule has 0 aliphatic carbocycles. The molecule has 2 aromatic carbocycles. The Hall–Kier alpha value is -1.91. The molecule has 0 spiro atoms. The van der Waals surface area contributed by atoms with Gasteiger partial charge in [0.1, 0.15) is 17.3 Å². The lowest BCUT2D eigenvalue weighted by molar-refractivity contribution is 0.275. The second-order valence-corrected chi connectivity index (χ2v) is 3.82. The first-order valence-electron chi connectivity index (χ1n) is 5.50. The summed E-state index contributed by atoms with van der Waals surface area (Å²) < 4.78 is 18.8. The fourth-order valence-corrected chi connectivity index (χ4v) is 1.63. The van der Waals surface area contributed by atoms with E-state index in [-0.39, 0.29) is 13.2 Å². The number of aliphatic hydroxyl groups excluding tert-OH is 2. The summed E-state index contributed by atoms with van der Waals surface area (Å²) in [4.78, 5) is 0. The van der Waals surface area contributed by atoms with Crippen LogP contribution in [0.25, 0.3) is 0 Å². The Morgan fingerprint density at radius 2 is 1.78 bits per heavy atom. The van der Waals surface area contributed by atoms with E-state index in [9.17, 15) is 4.39 Å². The first-order chi connectivity index (χ1) is 8.72. The Labute approximate surface area is 104 Å². The molecular formula is C14H13FO3. The van der Waals surface area contributed by atoms with Gasteiger partial charge in [-0.1, -0.05) is 18.2 Å². The molecule has 0 bridgehead atoms. The molecule has 0 heterocycles. The van der Waals surface area contributed by atoms with Gasteiger partial charge in [0, 0.05) is 11.6 Å². The molecule has 0 saturated carbocycles. The average molecular weight is 248 g/mol. The zero-order valence-electron chi connectivity index (χ0n) is 9.64. The molecule has 4 heteroatoms. The highest BCUT2D eigenvalue weighted by Crippen LogP contribution is 2.26. The van der Waals surface area contributed by atoms with Crippen molar-refractivity contribution in [2.24, 2.45) is 0 Å². The molecule has 0 amide bonds. The third kappa shape index (κ3) is 2.85. The lowest BCUT2D eigenvalue weighted by atomic mass is 10.2. The van der Waals surface area contributed by atoms with Gasteiger partial charge in [0.2, 0.25) is 0 Å². The highest BCUT2D eigenvalue weighted by molar-refractivity contribution is 5.38. The topological polar surface area (TPSA) is 49.7 Å². The van der Waals surface area contributed by atoms with Crippen molar-refractivity contribution in [3.63, 3.8) is 0 Å². The quantitative estimate of drug-likeness (QED) is 0.874. The average Bonchev–Trinajstić information content (AvgIpc) is 2.38. The maximum absolute atomic E-state index is 13.3. The molecule has 0 aromatic heterocycles. The van der Waals surface area contributed by atoms with E-state index in [1.807, 2.05) is 0 Å². The third-order valence-corrected chi connectivity index (χ3v) is 2.48. The van der Waals surface area contributed by atoms with Gasteiger partial charge in [-0.15, -0.1) is 0 Å². The number of halogens is 1. The minimum Gasteiger partial charge on any atom is -0.457 e. The van der Waals surface area contributed by atoms with Crippen molar-refractivity contribution in [2.75, 3.05) is 0 Å². The van der Waals surface area contributed by atoms with Gasteiger partial charge < -0.3 is 14.9 Å². The zero-order valence-corrected chi connectivity index (χ0v) is 9.64. The molecule has 0 unspecified atom stereocenters. The number of hydrogen-bond acceptors (Lipinski definition) is 3. The van der Waals surface area contributed by atoms with Gasteiger partial charge in [-0.2, -0.15) is 0 Å². The minimum atomic E-state index is -0.474.